The van der Waals surface area contributed by atoms with Crippen LogP contribution in [0.4, 0.5) is 0 Å². The van der Waals surface area contributed by atoms with Crippen LogP contribution in [-0.4, -0.2) is 42.0 Å². The molecule has 0 aromatic heterocycles. The second kappa shape index (κ2) is 4.94. The molecule has 4 nitrogen and oxygen atoms in total. The number of primary amides is 1. The van der Waals surface area contributed by atoms with Gasteiger partial charge in [0.15, 0.2) is 0 Å². The molecule has 98 valence electrons. The zero-order chi connectivity index (χ0) is 12.5. The van der Waals surface area contributed by atoms with E-state index in [0.29, 0.717) is 12.1 Å². The highest BCUT2D eigenvalue weighted by molar-refractivity contribution is 5.85. The Morgan fingerprint density at radius 1 is 1.47 bits per heavy atom. The number of nitrogens with two attached hydrogens (primary N) is 1. The Morgan fingerprint density at radius 3 is 2.71 bits per heavy atom. The van der Waals surface area contributed by atoms with Crippen molar-refractivity contribution in [1.82, 2.24) is 10.2 Å². The maximum atomic E-state index is 11.8. The van der Waals surface area contributed by atoms with E-state index in [4.69, 9.17) is 5.73 Å². The van der Waals surface area contributed by atoms with Crippen molar-refractivity contribution in [2.24, 2.45) is 5.73 Å². The van der Waals surface area contributed by atoms with E-state index in [9.17, 15) is 4.79 Å². The summed E-state index contributed by atoms with van der Waals surface area (Å²) >= 11 is 0. The van der Waals surface area contributed by atoms with Gasteiger partial charge in [-0.15, -0.1) is 0 Å². The van der Waals surface area contributed by atoms with Crippen LogP contribution in [0.1, 0.15) is 45.4 Å². The van der Waals surface area contributed by atoms with Crippen molar-refractivity contribution in [2.45, 2.75) is 63.1 Å². The fourth-order valence-electron chi connectivity index (χ4n) is 2.98. The average molecular weight is 239 g/mol. The normalized spacial score (nSPS) is 33.2. The summed E-state index contributed by atoms with van der Waals surface area (Å²) in [6.07, 6.45) is 6.42. The van der Waals surface area contributed by atoms with Gasteiger partial charge in [0.05, 0.1) is 5.54 Å². The third-order valence-electron chi connectivity index (χ3n) is 4.22. The largest absolute Gasteiger partial charge is 0.368 e. The van der Waals surface area contributed by atoms with Crippen molar-refractivity contribution >= 4 is 5.91 Å². The topological polar surface area (TPSA) is 58.4 Å². The maximum absolute atomic E-state index is 11.8. The van der Waals surface area contributed by atoms with Gasteiger partial charge < -0.3 is 16.0 Å². The first-order chi connectivity index (χ1) is 8.07. The Labute approximate surface area is 104 Å². The number of nitrogens with one attached hydrogen (secondary N) is 1. The minimum absolute atomic E-state index is 0.156. The maximum Gasteiger partial charge on any atom is 0.237 e. The molecule has 0 radical (unpaired) electrons. The quantitative estimate of drug-likeness (QED) is 0.722. The molecule has 0 aromatic carbocycles. The molecule has 0 aromatic rings. The highest BCUT2D eigenvalue weighted by Crippen LogP contribution is 2.35. The van der Waals surface area contributed by atoms with E-state index in [-0.39, 0.29) is 5.91 Å². The van der Waals surface area contributed by atoms with Crippen LogP contribution in [-0.2, 0) is 4.79 Å². The molecule has 17 heavy (non-hydrogen) atoms. The predicted molar refractivity (Wildman–Crippen MR) is 68.6 cm³/mol. The molecule has 2 rings (SSSR count). The van der Waals surface area contributed by atoms with Gasteiger partial charge in [-0.3, -0.25) is 4.79 Å². The molecule has 0 saturated heterocycles. The monoisotopic (exact) mass is 239 g/mol. The summed E-state index contributed by atoms with van der Waals surface area (Å²) in [5, 5.41) is 3.49. The van der Waals surface area contributed by atoms with E-state index in [1.54, 1.807) is 0 Å². The zero-order valence-electron chi connectivity index (χ0n) is 11.0. The Morgan fingerprint density at radius 2 is 2.18 bits per heavy atom. The molecular weight excluding hydrogens is 214 g/mol. The van der Waals surface area contributed by atoms with Crippen molar-refractivity contribution in [3.63, 3.8) is 0 Å². The van der Waals surface area contributed by atoms with E-state index in [2.05, 4.69) is 24.2 Å². The second-order valence-corrected chi connectivity index (χ2v) is 5.74. The lowest BCUT2D eigenvalue weighted by Crippen LogP contribution is -2.55. The summed E-state index contributed by atoms with van der Waals surface area (Å²) < 4.78 is 0. The van der Waals surface area contributed by atoms with Gasteiger partial charge in [-0.1, -0.05) is 6.92 Å². The SMILES string of the molecule is CCCN(C)C1CCC(NC2CC2)(C(N)=O)C1. The van der Waals surface area contributed by atoms with Gasteiger partial charge in [0.1, 0.15) is 0 Å². The number of carbonyl (C=O) groups is 1. The number of carbonyl (C=O) groups excluding carboxylic acids is 1. The van der Waals surface area contributed by atoms with Gasteiger partial charge in [0.2, 0.25) is 5.91 Å². The first kappa shape index (κ1) is 12.8. The molecule has 0 bridgehead atoms. The molecule has 2 aliphatic carbocycles. The van der Waals surface area contributed by atoms with Crippen molar-refractivity contribution in [3.8, 4) is 0 Å². The minimum atomic E-state index is -0.423. The Bertz CT molecular complexity index is 290. The van der Waals surface area contributed by atoms with Crippen LogP contribution in [0.5, 0.6) is 0 Å². The molecule has 2 aliphatic rings. The van der Waals surface area contributed by atoms with Gasteiger partial charge in [0.25, 0.3) is 0 Å². The first-order valence-corrected chi connectivity index (χ1v) is 6.85. The highest BCUT2D eigenvalue weighted by Gasteiger charge is 2.47. The third kappa shape index (κ3) is 2.80. The fraction of sp³-hybridized carbons (Fsp3) is 0.923. The van der Waals surface area contributed by atoms with Gasteiger partial charge in [-0.2, -0.15) is 0 Å². The smallest absolute Gasteiger partial charge is 0.237 e. The van der Waals surface area contributed by atoms with Crippen LogP contribution in [0.25, 0.3) is 0 Å². The van der Waals surface area contributed by atoms with E-state index in [1.807, 2.05) is 0 Å². The molecule has 2 fully saturated rings. The van der Waals surface area contributed by atoms with Crippen molar-refractivity contribution in [2.75, 3.05) is 13.6 Å². The third-order valence-corrected chi connectivity index (χ3v) is 4.22. The van der Waals surface area contributed by atoms with Crippen LogP contribution in [0.3, 0.4) is 0 Å². The number of hydrogen-bond acceptors (Lipinski definition) is 3. The van der Waals surface area contributed by atoms with E-state index < -0.39 is 5.54 Å². The molecule has 1 amide bonds. The lowest BCUT2D eigenvalue weighted by Gasteiger charge is -2.29. The fourth-order valence-corrected chi connectivity index (χ4v) is 2.98. The molecule has 2 unspecified atom stereocenters. The van der Waals surface area contributed by atoms with Gasteiger partial charge >= 0.3 is 0 Å². The summed E-state index contributed by atoms with van der Waals surface area (Å²) in [6.45, 7) is 3.29. The summed E-state index contributed by atoms with van der Waals surface area (Å²) in [6, 6.07) is 1.05. The van der Waals surface area contributed by atoms with E-state index in [0.717, 1.165) is 32.2 Å². The highest BCUT2D eigenvalue weighted by atomic mass is 16.1. The van der Waals surface area contributed by atoms with E-state index >= 15 is 0 Å². The average Bonchev–Trinajstić information content (AvgIpc) is 2.95. The number of nitrogens with zero attached hydrogens (tertiary/aromatic N) is 1. The van der Waals surface area contributed by atoms with Gasteiger partial charge in [0, 0.05) is 12.1 Å². The lowest BCUT2D eigenvalue weighted by atomic mass is 9.96. The lowest BCUT2D eigenvalue weighted by molar-refractivity contribution is -0.124. The summed E-state index contributed by atoms with van der Waals surface area (Å²) in [5.74, 6) is -0.156. The Kier molecular flexibility index (Phi) is 3.73. The molecule has 0 aliphatic heterocycles. The van der Waals surface area contributed by atoms with Crippen LogP contribution in [0.15, 0.2) is 0 Å². The molecule has 0 spiro atoms. The van der Waals surface area contributed by atoms with Crippen molar-refractivity contribution < 1.29 is 4.79 Å². The minimum Gasteiger partial charge on any atom is -0.368 e. The van der Waals surface area contributed by atoms with Gasteiger partial charge in [-0.05, 0) is 52.1 Å². The first-order valence-electron chi connectivity index (χ1n) is 6.85. The van der Waals surface area contributed by atoms with Crippen molar-refractivity contribution in [1.29, 1.82) is 0 Å². The standard InChI is InChI=1S/C13H25N3O/c1-3-8-16(2)11-6-7-13(9-11,12(14)17)15-10-4-5-10/h10-11,15H,3-9H2,1-2H3,(H2,14,17). The van der Waals surface area contributed by atoms with Crippen LogP contribution < -0.4 is 11.1 Å². The molecule has 4 heteroatoms. The van der Waals surface area contributed by atoms with E-state index in [1.165, 1.54) is 12.8 Å². The van der Waals surface area contributed by atoms with Crippen LogP contribution in [0.2, 0.25) is 0 Å². The predicted octanol–water partition coefficient (Wildman–Crippen LogP) is 0.857. The van der Waals surface area contributed by atoms with Crippen LogP contribution >= 0.6 is 0 Å². The summed E-state index contributed by atoms with van der Waals surface area (Å²) in [7, 11) is 2.16. The molecular formula is C13H25N3O. The van der Waals surface area contributed by atoms with Crippen molar-refractivity contribution in [3.05, 3.63) is 0 Å². The zero-order valence-corrected chi connectivity index (χ0v) is 11.0. The number of amides is 1. The molecule has 0 heterocycles. The molecule has 2 atom stereocenters. The Balaban J connectivity index is 1.97. The van der Waals surface area contributed by atoms with Crippen LogP contribution in [0, 0.1) is 0 Å². The second-order valence-electron chi connectivity index (χ2n) is 5.74. The van der Waals surface area contributed by atoms with Gasteiger partial charge in [-0.25, -0.2) is 0 Å². The molecule has 3 N–H and O–H groups in total. The number of hydrogen-bond donors (Lipinski definition) is 2. The Hall–Kier alpha value is -0.610. The summed E-state index contributed by atoms with van der Waals surface area (Å²) in [5.41, 5.74) is 5.20. The number of rotatable bonds is 6. The summed E-state index contributed by atoms with van der Waals surface area (Å²) in [4.78, 5) is 14.1. The molecule has 2 saturated carbocycles.